The van der Waals surface area contributed by atoms with E-state index >= 15 is 0 Å². The van der Waals surface area contributed by atoms with Gasteiger partial charge in [0.1, 0.15) is 23.9 Å². The largest absolute Gasteiger partial charge is 0.497 e. The summed E-state index contributed by atoms with van der Waals surface area (Å²) in [5, 5.41) is 14.0. The van der Waals surface area contributed by atoms with E-state index in [9.17, 15) is 19.5 Å². The fraction of sp³-hybridized carbons (Fsp3) is 0.727. The number of hydrogen-bond acceptors (Lipinski definition) is 14. The van der Waals surface area contributed by atoms with Gasteiger partial charge in [0.05, 0.1) is 36.5 Å². The first-order valence-corrected chi connectivity index (χ1v) is 21.2. The summed E-state index contributed by atoms with van der Waals surface area (Å²) in [5.74, 6) is -3.17. The molecule has 4 heterocycles. The number of methoxy groups -OCH3 is 2. The van der Waals surface area contributed by atoms with Crippen molar-refractivity contribution < 1.29 is 47.9 Å². The molecule has 4 N–H and O–H groups in total. The summed E-state index contributed by atoms with van der Waals surface area (Å²) < 4.78 is 36.9. The van der Waals surface area contributed by atoms with Gasteiger partial charge < -0.3 is 44.2 Å². The molecule has 5 rings (SSSR count). The van der Waals surface area contributed by atoms with Gasteiger partial charge in [-0.1, -0.05) is 27.7 Å². The van der Waals surface area contributed by atoms with Crippen molar-refractivity contribution in [1.29, 1.82) is 0 Å². The van der Waals surface area contributed by atoms with Gasteiger partial charge >= 0.3 is 12.1 Å². The van der Waals surface area contributed by atoms with Crippen LogP contribution < -0.4 is 15.9 Å². The molecule has 0 spiro atoms. The van der Waals surface area contributed by atoms with Crippen molar-refractivity contribution in [2.24, 2.45) is 29.4 Å². The summed E-state index contributed by atoms with van der Waals surface area (Å²) in [6, 6.07) is 6.36. The molecule has 15 heteroatoms. The monoisotopic (exact) mass is 828 g/mol. The number of aryl methyl sites for hydroxylation is 1. The van der Waals surface area contributed by atoms with Crippen molar-refractivity contribution in [3.8, 4) is 5.75 Å². The van der Waals surface area contributed by atoms with E-state index in [0.29, 0.717) is 38.6 Å². The fourth-order valence-corrected chi connectivity index (χ4v) is 9.77. The number of nitrogens with one attached hydrogen (secondary N) is 1. The predicted molar refractivity (Wildman–Crippen MR) is 222 cm³/mol. The van der Waals surface area contributed by atoms with Gasteiger partial charge in [-0.3, -0.25) is 14.6 Å². The number of nitrogens with two attached hydrogens (primary N) is 1. The zero-order valence-electron chi connectivity index (χ0n) is 37.1. The van der Waals surface area contributed by atoms with Gasteiger partial charge in [0.2, 0.25) is 0 Å². The van der Waals surface area contributed by atoms with E-state index in [4.69, 9.17) is 34.2 Å². The Morgan fingerprint density at radius 2 is 1.80 bits per heavy atom. The third-order valence-corrected chi connectivity index (χ3v) is 13.4. The SMILES string of the molecule is CC[C@@H]1OC(=O)[C@H](C)C(=O)[C@H](C)[C@@H](O[C@@H]2O[C@H](C)C[C@H](N(C)C)[C@H]2O)[C@@](C)(OC)C[C@@H](C)C(N)[C@@H](C)[C@H]2N(NCCCc3ccnc4cc(OC)ccc34)C(=O)O[C@]12C. The number of benzene rings is 1. The van der Waals surface area contributed by atoms with Crippen LogP contribution in [0.3, 0.4) is 0 Å². The summed E-state index contributed by atoms with van der Waals surface area (Å²) in [5.41, 5.74) is 10.1. The lowest BCUT2D eigenvalue weighted by Crippen LogP contribution is -2.63. The van der Waals surface area contributed by atoms with E-state index in [2.05, 4.69) is 10.4 Å². The fourth-order valence-electron chi connectivity index (χ4n) is 9.77. The number of amides is 1. The topological polar surface area (TPSA) is 184 Å². The molecule has 3 saturated heterocycles. The van der Waals surface area contributed by atoms with Crippen LogP contribution in [0.15, 0.2) is 30.5 Å². The van der Waals surface area contributed by atoms with Crippen molar-refractivity contribution in [1.82, 2.24) is 20.3 Å². The third-order valence-electron chi connectivity index (χ3n) is 13.4. The van der Waals surface area contributed by atoms with Crippen LogP contribution in [0.5, 0.6) is 5.75 Å². The second-order valence-corrected chi connectivity index (χ2v) is 17.7. The van der Waals surface area contributed by atoms with Crippen LogP contribution in [0.4, 0.5) is 4.79 Å². The van der Waals surface area contributed by atoms with E-state index in [-0.39, 0.29) is 18.1 Å². The highest BCUT2D eigenvalue weighted by atomic mass is 16.7. The van der Waals surface area contributed by atoms with Gasteiger partial charge in [-0.25, -0.2) is 15.2 Å². The van der Waals surface area contributed by atoms with E-state index < -0.39 is 83.5 Å². The molecule has 0 aliphatic carbocycles. The molecule has 14 atom stereocenters. The number of Topliss-reactive ketones (excluding diaryl/α,β-unsaturated/α-hetero) is 1. The molecule has 59 heavy (non-hydrogen) atoms. The molecule has 1 amide bonds. The highest BCUT2D eigenvalue weighted by Crippen LogP contribution is 2.43. The smallest absolute Gasteiger partial charge is 0.425 e. The summed E-state index contributed by atoms with van der Waals surface area (Å²) in [7, 11) is 6.97. The van der Waals surface area contributed by atoms with Gasteiger partial charge in [0, 0.05) is 49.3 Å². The van der Waals surface area contributed by atoms with Gasteiger partial charge in [0.25, 0.3) is 0 Å². The number of aliphatic hydroxyl groups is 1. The van der Waals surface area contributed by atoms with Crippen LogP contribution in [0.2, 0.25) is 0 Å². The number of nitrogens with zero attached hydrogens (tertiary/aromatic N) is 3. The maximum atomic E-state index is 14.4. The first-order chi connectivity index (χ1) is 27.8. The second-order valence-electron chi connectivity index (χ2n) is 17.7. The quantitative estimate of drug-likeness (QED) is 0.162. The number of ether oxygens (including phenoxy) is 6. The number of pyridine rings is 1. The number of hydrogen-bond donors (Lipinski definition) is 3. The van der Waals surface area contributed by atoms with Gasteiger partial charge in [-0.05, 0) is 109 Å². The van der Waals surface area contributed by atoms with Crippen LogP contribution in [0, 0.1) is 23.7 Å². The van der Waals surface area contributed by atoms with Crippen molar-refractivity contribution in [3.05, 3.63) is 36.0 Å². The number of fused-ring (bicyclic) bond motifs is 2. The summed E-state index contributed by atoms with van der Waals surface area (Å²) in [6.45, 7) is 15.1. The summed E-state index contributed by atoms with van der Waals surface area (Å²) >= 11 is 0. The zero-order valence-corrected chi connectivity index (χ0v) is 37.1. The number of carbonyl (C=O) groups is 3. The van der Waals surface area contributed by atoms with Crippen molar-refractivity contribution in [2.75, 3.05) is 34.9 Å². The molecule has 1 aromatic carbocycles. The van der Waals surface area contributed by atoms with Crippen molar-refractivity contribution in [2.45, 2.75) is 148 Å². The minimum Gasteiger partial charge on any atom is -0.497 e. The van der Waals surface area contributed by atoms with Crippen LogP contribution in [0.25, 0.3) is 10.9 Å². The predicted octanol–water partition coefficient (Wildman–Crippen LogP) is 4.64. The van der Waals surface area contributed by atoms with Gasteiger partial charge in [0.15, 0.2) is 17.7 Å². The van der Waals surface area contributed by atoms with Gasteiger partial charge in [-0.2, -0.15) is 0 Å². The summed E-state index contributed by atoms with van der Waals surface area (Å²) in [4.78, 5) is 48.8. The lowest BCUT2D eigenvalue weighted by Gasteiger charge is -2.48. The lowest BCUT2D eigenvalue weighted by molar-refractivity contribution is -0.295. The Morgan fingerprint density at radius 3 is 2.44 bits per heavy atom. The Kier molecular flexibility index (Phi) is 15.1. The number of aliphatic hydroxyl groups excluding tert-OH is 1. The van der Waals surface area contributed by atoms with E-state index in [1.807, 2.05) is 77.9 Å². The number of ketones is 1. The molecular weight excluding hydrogens is 759 g/mol. The highest BCUT2D eigenvalue weighted by molar-refractivity contribution is 6.00. The minimum absolute atomic E-state index is 0.232. The zero-order chi connectivity index (χ0) is 43.6. The van der Waals surface area contributed by atoms with Crippen molar-refractivity contribution in [3.63, 3.8) is 0 Å². The first-order valence-electron chi connectivity index (χ1n) is 21.2. The average molecular weight is 828 g/mol. The highest BCUT2D eigenvalue weighted by Gasteiger charge is 2.60. The molecule has 3 fully saturated rings. The van der Waals surface area contributed by atoms with Crippen LogP contribution in [-0.2, 0) is 39.7 Å². The average Bonchev–Trinajstić information content (AvgIpc) is 3.47. The molecule has 2 aromatic rings. The maximum absolute atomic E-state index is 14.4. The maximum Gasteiger partial charge on any atom is 0.425 e. The van der Waals surface area contributed by atoms with Crippen LogP contribution in [0.1, 0.15) is 86.6 Å². The van der Waals surface area contributed by atoms with E-state index in [1.165, 1.54) is 11.9 Å². The Morgan fingerprint density at radius 1 is 1.08 bits per heavy atom. The summed E-state index contributed by atoms with van der Waals surface area (Å²) in [6.07, 6.45) is -0.376. The normalized spacial score (nSPS) is 37.5. The number of rotatable bonds is 11. The number of esters is 1. The van der Waals surface area contributed by atoms with Gasteiger partial charge in [-0.15, -0.1) is 0 Å². The Balaban J connectivity index is 1.45. The number of hydrazine groups is 1. The molecule has 0 radical (unpaired) electrons. The number of likely N-dealkylation sites (N-methyl/N-ethyl adjacent to an activating group) is 1. The Labute approximate surface area is 349 Å². The molecule has 0 bridgehead atoms. The third kappa shape index (κ3) is 9.56. The molecule has 330 valence electrons. The number of carbonyl (C=O) groups excluding carboxylic acids is 3. The molecule has 3 aliphatic heterocycles. The van der Waals surface area contributed by atoms with E-state index in [0.717, 1.165) is 22.2 Å². The Bertz CT molecular complexity index is 1780. The van der Waals surface area contributed by atoms with Crippen LogP contribution >= 0.6 is 0 Å². The lowest BCUT2D eigenvalue weighted by atomic mass is 9.72. The number of cyclic esters (lactones) is 1. The molecule has 1 aromatic heterocycles. The van der Waals surface area contributed by atoms with Crippen molar-refractivity contribution >= 4 is 28.7 Å². The Hall–Kier alpha value is -3.44. The van der Waals surface area contributed by atoms with Crippen LogP contribution in [-0.4, -0.2) is 133 Å². The van der Waals surface area contributed by atoms with E-state index in [1.54, 1.807) is 34.3 Å². The second kappa shape index (κ2) is 19.1. The molecule has 1 unspecified atom stereocenters. The standard InChI is InChI=1S/C44H69N5O10/c1-13-34-44(8)38(49(42(53)59-44)47-19-14-15-29-18-20-46-32-22-30(54-11)16-17-31(29)32)26(4)35(45)24(2)23-43(7,55-12)39(27(5)36(50)28(6)40(52)57-34)58-41-37(51)33(48(9)10)21-25(3)56-41/h16-18,20,22,24-28,33-35,37-39,41,47,51H,13-15,19,21,23,45H2,1-12H3/t24-,25-,26-,27+,28-,33+,34+,35?,37-,38-,39-,41+,43+,44-/m1/s1. The molecular formula is C44H69N5O10. The number of aromatic nitrogens is 1. The molecule has 0 saturated carbocycles. The minimum atomic E-state index is -1.32. The molecule has 3 aliphatic rings. The first kappa shape index (κ1) is 46.6. The molecule has 15 nitrogen and oxygen atoms in total.